The Bertz CT molecular complexity index is 1210. The van der Waals surface area contributed by atoms with E-state index in [9.17, 15) is 9.59 Å². The normalized spacial score (nSPS) is 15.8. The molecule has 2 heterocycles. The summed E-state index contributed by atoms with van der Waals surface area (Å²) in [6.45, 7) is 8.90. The van der Waals surface area contributed by atoms with E-state index in [4.69, 9.17) is 20.8 Å². The molecule has 32 heavy (non-hydrogen) atoms. The smallest absolute Gasteiger partial charge is 0.290 e. The highest BCUT2D eigenvalue weighted by Crippen LogP contribution is 2.38. The molecule has 0 spiro atoms. The molecule has 1 aliphatic heterocycles. The summed E-state index contributed by atoms with van der Waals surface area (Å²) in [7, 11) is 0. The SMILES string of the molecule is CCc1ccc(C2c3c(oc4cc(C)c(Cl)cc4c3=O)C(=O)N2CCCOC(C)C)cc1. The number of hydrogen-bond acceptors (Lipinski definition) is 4. The number of nitrogens with zero attached hydrogens (tertiary/aromatic N) is 1. The Labute approximate surface area is 192 Å². The third kappa shape index (κ3) is 4.07. The Kier molecular flexibility index (Phi) is 6.40. The molecule has 1 aromatic heterocycles. The Morgan fingerprint density at radius 1 is 1.16 bits per heavy atom. The third-order valence-electron chi connectivity index (χ3n) is 5.95. The highest BCUT2D eigenvalue weighted by Gasteiger charge is 2.42. The van der Waals surface area contributed by atoms with Gasteiger partial charge in [-0.2, -0.15) is 0 Å². The van der Waals surface area contributed by atoms with E-state index in [0.29, 0.717) is 41.1 Å². The molecule has 0 N–H and O–H groups in total. The van der Waals surface area contributed by atoms with Gasteiger partial charge in [0.2, 0.25) is 5.76 Å². The maximum atomic E-state index is 13.6. The summed E-state index contributed by atoms with van der Waals surface area (Å²) in [6, 6.07) is 10.9. The zero-order chi connectivity index (χ0) is 23.0. The molecule has 0 saturated heterocycles. The topological polar surface area (TPSA) is 59.8 Å². The second kappa shape index (κ2) is 9.08. The molecule has 1 unspecified atom stereocenters. The summed E-state index contributed by atoms with van der Waals surface area (Å²) in [4.78, 5) is 28.7. The van der Waals surface area contributed by atoms with Crippen LogP contribution in [0, 0.1) is 6.92 Å². The molecule has 0 saturated carbocycles. The van der Waals surface area contributed by atoms with Crippen molar-refractivity contribution in [3.05, 3.63) is 79.7 Å². The molecule has 1 amide bonds. The first kappa shape index (κ1) is 22.6. The van der Waals surface area contributed by atoms with Crippen molar-refractivity contribution in [2.24, 2.45) is 0 Å². The van der Waals surface area contributed by atoms with Gasteiger partial charge in [0.05, 0.1) is 23.1 Å². The van der Waals surface area contributed by atoms with E-state index in [1.54, 1.807) is 17.0 Å². The lowest BCUT2D eigenvalue weighted by Gasteiger charge is -2.25. The zero-order valence-electron chi connectivity index (χ0n) is 18.9. The second-order valence-electron chi connectivity index (χ2n) is 8.54. The Balaban J connectivity index is 1.83. The van der Waals surface area contributed by atoms with E-state index >= 15 is 0 Å². The molecule has 168 valence electrons. The first-order valence-electron chi connectivity index (χ1n) is 11.1. The number of hydrogen-bond donors (Lipinski definition) is 0. The van der Waals surface area contributed by atoms with Gasteiger partial charge in [0.1, 0.15) is 5.58 Å². The number of carbonyl (C=O) groups is 1. The lowest BCUT2D eigenvalue weighted by Crippen LogP contribution is -2.31. The third-order valence-corrected chi connectivity index (χ3v) is 6.35. The van der Waals surface area contributed by atoms with Crippen LogP contribution in [0.15, 0.2) is 45.6 Å². The molecule has 0 fully saturated rings. The number of aryl methyl sites for hydroxylation is 2. The van der Waals surface area contributed by atoms with Crippen molar-refractivity contribution in [3.8, 4) is 0 Å². The molecule has 0 radical (unpaired) electrons. The number of amides is 1. The van der Waals surface area contributed by atoms with Crippen molar-refractivity contribution in [2.75, 3.05) is 13.2 Å². The van der Waals surface area contributed by atoms with Crippen molar-refractivity contribution in [1.29, 1.82) is 0 Å². The molecule has 0 aliphatic carbocycles. The average molecular weight is 454 g/mol. The van der Waals surface area contributed by atoms with Crippen LogP contribution in [0.4, 0.5) is 0 Å². The minimum atomic E-state index is -0.497. The summed E-state index contributed by atoms with van der Waals surface area (Å²) >= 11 is 6.29. The summed E-state index contributed by atoms with van der Waals surface area (Å²) in [5.74, 6) is -0.140. The summed E-state index contributed by atoms with van der Waals surface area (Å²) in [6.07, 6.45) is 1.71. The van der Waals surface area contributed by atoms with Crippen LogP contribution in [-0.4, -0.2) is 30.1 Å². The predicted octanol–water partition coefficient (Wildman–Crippen LogP) is 5.68. The van der Waals surface area contributed by atoms with Crippen LogP contribution in [0.5, 0.6) is 0 Å². The molecular weight excluding hydrogens is 426 g/mol. The highest BCUT2D eigenvalue weighted by atomic mass is 35.5. The average Bonchev–Trinajstić information content (AvgIpc) is 3.05. The molecule has 6 heteroatoms. The van der Waals surface area contributed by atoms with E-state index in [1.807, 2.05) is 45.0 Å². The monoisotopic (exact) mass is 453 g/mol. The predicted molar refractivity (Wildman–Crippen MR) is 127 cm³/mol. The van der Waals surface area contributed by atoms with Crippen LogP contribution < -0.4 is 5.43 Å². The van der Waals surface area contributed by atoms with Gasteiger partial charge >= 0.3 is 0 Å². The van der Waals surface area contributed by atoms with Crippen LogP contribution in [-0.2, 0) is 11.2 Å². The fourth-order valence-corrected chi connectivity index (χ4v) is 4.37. The largest absolute Gasteiger partial charge is 0.450 e. The van der Waals surface area contributed by atoms with Gasteiger partial charge < -0.3 is 14.1 Å². The molecule has 3 aromatic rings. The lowest BCUT2D eigenvalue weighted by molar-refractivity contribution is 0.0593. The zero-order valence-corrected chi connectivity index (χ0v) is 19.7. The van der Waals surface area contributed by atoms with Crippen LogP contribution in [0.2, 0.25) is 5.02 Å². The molecule has 1 aliphatic rings. The molecular formula is C26H28ClNO4. The molecule has 5 nitrogen and oxygen atoms in total. The lowest BCUT2D eigenvalue weighted by atomic mass is 9.97. The Morgan fingerprint density at radius 3 is 2.53 bits per heavy atom. The van der Waals surface area contributed by atoms with Crippen LogP contribution in [0.3, 0.4) is 0 Å². The van der Waals surface area contributed by atoms with Crippen molar-refractivity contribution < 1.29 is 13.9 Å². The molecule has 2 aromatic carbocycles. The van der Waals surface area contributed by atoms with Crippen LogP contribution in [0.25, 0.3) is 11.0 Å². The van der Waals surface area contributed by atoms with Gasteiger partial charge in [-0.3, -0.25) is 9.59 Å². The van der Waals surface area contributed by atoms with Crippen molar-refractivity contribution in [1.82, 2.24) is 4.90 Å². The van der Waals surface area contributed by atoms with E-state index in [2.05, 4.69) is 6.92 Å². The summed E-state index contributed by atoms with van der Waals surface area (Å²) in [5.41, 5.74) is 3.45. The summed E-state index contributed by atoms with van der Waals surface area (Å²) < 4.78 is 11.7. The van der Waals surface area contributed by atoms with Crippen molar-refractivity contribution >= 4 is 28.5 Å². The maximum Gasteiger partial charge on any atom is 0.290 e. The number of ether oxygens (including phenoxy) is 1. The van der Waals surface area contributed by atoms with Crippen molar-refractivity contribution in [3.63, 3.8) is 0 Å². The standard InChI is InChI=1S/C26H28ClNO4/c1-5-17-7-9-18(10-8-17)23-22-24(29)19-14-20(27)16(4)13-21(19)32-25(22)26(30)28(23)11-6-12-31-15(2)3/h7-10,13-15,23H,5-6,11-12H2,1-4H3. The van der Waals surface area contributed by atoms with Crippen molar-refractivity contribution in [2.45, 2.75) is 52.7 Å². The van der Waals surface area contributed by atoms with Gasteiger partial charge in [0.25, 0.3) is 5.91 Å². The highest BCUT2D eigenvalue weighted by molar-refractivity contribution is 6.32. The number of rotatable bonds is 7. The van der Waals surface area contributed by atoms with Crippen LogP contribution in [0.1, 0.15) is 66.0 Å². The van der Waals surface area contributed by atoms with Gasteiger partial charge in [0, 0.05) is 18.2 Å². The van der Waals surface area contributed by atoms with Crippen LogP contribution >= 0.6 is 11.6 Å². The first-order valence-corrected chi connectivity index (χ1v) is 11.5. The molecule has 1 atom stereocenters. The fraction of sp³-hybridized carbons (Fsp3) is 0.385. The fourth-order valence-electron chi connectivity index (χ4n) is 4.21. The minimum absolute atomic E-state index is 0.124. The summed E-state index contributed by atoms with van der Waals surface area (Å²) in [5, 5.41) is 0.896. The van der Waals surface area contributed by atoms with Gasteiger partial charge in [-0.05, 0) is 62.4 Å². The van der Waals surface area contributed by atoms with E-state index in [1.165, 1.54) is 5.56 Å². The molecule has 0 bridgehead atoms. The van der Waals surface area contributed by atoms with Gasteiger partial charge in [-0.1, -0.05) is 42.8 Å². The quantitative estimate of drug-likeness (QED) is 0.432. The maximum absolute atomic E-state index is 13.6. The van der Waals surface area contributed by atoms with E-state index in [0.717, 1.165) is 17.5 Å². The first-order chi connectivity index (χ1) is 15.3. The second-order valence-corrected chi connectivity index (χ2v) is 8.95. The Hall–Kier alpha value is -2.63. The van der Waals surface area contributed by atoms with E-state index < -0.39 is 6.04 Å². The molecule has 4 rings (SSSR count). The minimum Gasteiger partial charge on any atom is -0.450 e. The number of benzene rings is 2. The van der Waals surface area contributed by atoms with Gasteiger partial charge in [0.15, 0.2) is 5.43 Å². The Morgan fingerprint density at radius 2 is 1.88 bits per heavy atom. The van der Waals surface area contributed by atoms with E-state index in [-0.39, 0.29) is 23.2 Å². The number of fused-ring (bicyclic) bond motifs is 2. The number of halogens is 1. The van der Waals surface area contributed by atoms with Gasteiger partial charge in [-0.15, -0.1) is 0 Å². The van der Waals surface area contributed by atoms with Gasteiger partial charge in [-0.25, -0.2) is 0 Å². The number of carbonyl (C=O) groups excluding carboxylic acids is 1.